The van der Waals surface area contributed by atoms with Crippen molar-refractivity contribution in [1.29, 1.82) is 0 Å². The van der Waals surface area contributed by atoms with Crippen LogP contribution in [0.2, 0.25) is 0 Å². The smallest absolute Gasteiger partial charge is 0.310 e. The molecular weight excluding hydrogens is 855 g/mol. The molecule has 1 fully saturated rings. The fourth-order valence-electron chi connectivity index (χ4n) is 8.48. The van der Waals surface area contributed by atoms with Crippen molar-refractivity contribution in [1.82, 2.24) is 0 Å². The first kappa shape index (κ1) is 62.1. The minimum Gasteiger partial charge on any atom is -0.460 e. The Labute approximate surface area is 413 Å². The van der Waals surface area contributed by atoms with E-state index in [0.717, 1.165) is 103 Å². The van der Waals surface area contributed by atoms with Crippen LogP contribution >= 0.6 is 0 Å². The topological polar surface area (TPSA) is 107 Å². The highest BCUT2D eigenvalue weighted by Gasteiger charge is 2.58. The van der Waals surface area contributed by atoms with Gasteiger partial charge >= 0.3 is 11.9 Å². The van der Waals surface area contributed by atoms with E-state index in [2.05, 4.69) is 61.2 Å². The van der Waals surface area contributed by atoms with Gasteiger partial charge in [0.2, 0.25) is 0 Å². The standard InChI is InChI=1S/C58H97NO7S/c1-3-5-7-9-11-13-15-17-19-21-23-25-27-29-31-33-35-37-39-41-43-45-47-49-57(60)65-53-51-59(52-54-67(62,63)64)55-56(59)66-58(61)50-48-46-44-42-40-38-36-34-32-30-28-26-24-22-20-18-16-14-12-10-8-6-4-2/h56H,3-26,35-55H2,1-2H3/p+1. The summed E-state index contributed by atoms with van der Waals surface area (Å²) in [7, 11) is -4.18. The van der Waals surface area contributed by atoms with Gasteiger partial charge in [-0.2, -0.15) is 8.42 Å². The maximum atomic E-state index is 12.6. The van der Waals surface area contributed by atoms with Crippen LogP contribution in [0.1, 0.15) is 271 Å². The highest BCUT2D eigenvalue weighted by atomic mass is 32.2. The molecule has 8 nitrogen and oxygen atoms in total. The maximum Gasteiger partial charge on any atom is 0.310 e. The molecule has 0 bridgehead atoms. The van der Waals surface area contributed by atoms with Gasteiger partial charge in [0.15, 0.2) is 6.54 Å². The van der Waals surface area contributed by atoms with Crippen LogP contribution in [0.4, 0.5) is 0 Å². The van der Waals surface area contributed by atoms with Crippen LogP contribution in [-0.2, 0) is 29.2 Å². The summed E-state index contributed by atoms with van der Waals surface area (Å²) in [5, 5.41) is 0. The van der Waals surface area contributed by atoms with Crippen LogP contribution < -0.4 is 0 Å². The lowest BCUT2D eigenvalue weighted by Crippen LogP contribution is -2.38. The lowest BCUT2D eigenvalue weighted by atomic mass is 10.1. The summed E-state index contributed by atoms with van der Waals surface area (Å²) in [4.78, 5) is 25.1. The summed E-state index contributed by atoms with van der Waals surface area (Å²) >= 11 is 0. The Morgan fingerprint density at radius 2 is 0.776 bits per heavy atom. The molecule has 0 amide bonds. The number of carbonyl (C=O) groups is 2. The van der Waals surface area contributed by atoms with Crippen LogP contribution in [0.25, 0.3) is 0 Å². The van der Waals surface area contributed by atoms with Crippen LogP contribution in [0, 0.1) is 47.4 Å². The van der Waals surface area contributed by atoms with Crippen LogP contribution in [-0.4, -0.2) is 67.6 Å². The first-order valence-corrected chi connectivity index (χ1v) is 29.4. The molecule has 0 aromatic heterocycles. The molecule has 9 heteroatoms. The van der Waals surface area contributed by atoms with E-state index in [1.165, 1.54) is 141 Å². The number of rotatable bonds is 45. The summed E-state index contributed by atoms with van der Waals surface area (Å²) in [6.45, 7) is 5.54. The molecule has 0 spiro atoms. The Hall–Kier alpha value is -2.95. The van der Waals surface area contributed by atoms with E-state index in [4.69, 9.17) is 9.47 Å². The van der Waals surface area contributed by atoms with Gasteiger partial charge in [-0.15, -0.1) is 0 Å². The summed E-state index contributed by atoms with van der Waals surface area (Å²) in [6, 6.07) is 0. The molecule has 2 atom stereocenters. The Morgan fingerprint density at radius 3 is 1.12 bits per heavy atom. The lowest BCUT2D eigenvalue weighted by Gasteiger charge is -2.19. The quantitative estimate of drug-likeness (QED) is 0.0162. The van der Waals surface area contributed by atoms with Crippen molar-refractivity contribution < 1.29 is 36.5 Å². The van der Waals surface area contributed by atoms with Gasteiger partial charge in [0.1, 0.15) is 18.9 Å². The molecule has 1 N–H and O–H groups in total. The predicted octanol–water partition coefficient (Wildman–Crippen LogP) is 14.8. The van der Waals surface area contributed by atoms with E-state index in [-0.39, 0.29) is 29.6 Å². The molecule has 2 unspecified atom stereocenters. The van der Waals surface area contributed by atoms with Crippen molar-refractivity contribution in [2.45, 2.75) is 277 Å². The molecule has 67 heavy (non-hydrogen) atoms. The van der Waals surface area contributed by atoms with Crippen LogP contribution in [0.3, 0.4) is 0 Å². The Balaban J connectivity index is 2.06. The summed E-state index contributed by atoms with van der Waals surface area (Å²) in [5.74, 6) is 23.8. The molecule has 382 valence electrons. The highest BCUT2D eigenvalue weighted by Crippen LogP contribution is 2.32. The second kappa shape index (κ2) is 45.5. The normalized spacial score (nSPS) is 14.9. The lowest BCUT2D eigenvalue weighted by molar-refractivity contribution is -0.824. The number of hydrogen-bond donors (Lipinski definition) is 1. The van der Waals surface area contributed by atoms with Gasteiger partial charge in [0, 0.05) is 38.5 Å². The number of quaternary nitrogens is 1. The highest BCUT2D eigenvalue weighted by molar-refractivity contribution is 7.85. The van der Waals surface area contributed by atoms with E-state index in [1.54, 1.807) is 0 Å². The monoisotopic (exact) mass is 953 g/mol. The third kappa shape index (κ3) is 42.9. The molecule has 1 aliphatic rings. The van der Waals surface area contributed by atoms with Crippen molar-refractivity contribution in [3.8, 4) is 47.4 Å². The summed E-state index contributed by atoms with van der Waals surface area (Å²) < 4.78 is 43.8. The zero-order valence-electron chi connectivity index (χ0n) is 43.1. The van der Waals surface area contributed by atoms with E-state index in [1.807, 2.05) is 0 Å². The fraction of sp³-hybridized carbons (Fsp3) is 0.828. The van der Waals surface area contributed by atoms with Crippen molar-refractivity contribution in [3.63, 3.8) is 0 Å². The largest absolute Gasteiger partial charge is 0.460 e. The molecule has 1 rings (SSSR count). The maximum absolute atomic E-state index is 12.6. The minimum atomic E-state index is -4.18. The SMILES string of the molecule is CCCCCCCCCCCCCC#CC#CCCCCCCCCC(=O)OCC[N+]1(CCS(=O)(=O)O)CC1OC(=O)CCCCCCCCC#CC#CCCCCCCCCCCCCC. The molecule has 0 aliphatic carbocycles. The number of nitrogens with zero attached hydrogens (tertiary/aromatic N) is 1. The third-order valence-corrected chi connectivity index (χ3v) is 13.7. The molecule has 1 heterocycles. The van der Waals surface area contributed by atoms with Gasteiger partial charge in [-0.05, 0) is 62.2 Å². The molecule has 0 radical (unpaired) electrons. The number of carbonyl (C=O) groups excluding carboxylic acids is 2. The Kier molecular flexibility index (Phi) is 42.1. The van der Waals surface area contributed by atoms with Crippen LogP contribution in [0.15, 0.2) is 0 Å². The second-order valence-electron chi connectivity index (χ2n) is 19.3. The number of hydrogen-bond acceptors (Lipinski definition) is 6. The van der Waals surface area contributed by atoms with E-state index >= 15 is 0 Å². The minimum absolute atomic E-state index is 0.100. The van der Waals surface area contributed by atoms with Gasteiger partial charge in [0.25, 0.3) is 16.3 Å². The van der Waals surface area contributed by atoms with E-state index in [0.29, 0.717) is 25.9 Å². The Bertz CT molecular complexity index is 1600. The average Bonchev–Trinajstić information content (AvgIpc) is 3.99. The van der Waals surface area contributed by atoms with E-state index in [9.17, 15) is 22.6 Å². The van der Waals surface area contributed by atoms with Crippen molar-refractivity contribution >= 4 is 22.1 Å². The van der Waals surface area contributed by atoms with Crippen molar-refractivity contribution in [3.05, 3.63) is 0 Å². The molecule has 1 saturated heterocycles. The average molecular weight is 953 g/mol. The Morgan fingerprint density at radius 1 is 0.463 bits per heavy atom. The first-order chi connectivity index (χ1) is 32.7. The molecule has 0 aromatic rings. The zero-order valence-corrected chi connectivity index (χ0v) is 44.0. The summed E-state index contributed by atoms with van der Waals surface area (Å²) in [5.41, 5.74) is 0. The fourth-order valence-corrected chi connectivity index (χ4v) is 9.07. The molecule has 0 aromatic carbocycles. The first-order valence-electron chi connectivity index (χ1n) is 27.8. The van der Waals surface area contributed by atoms with Crippen molar-refractivity contribution in [2.24, 2.45) is 0 Å². The van der Waals surface area contributed by atoms with Crippen molar-refractivity contribution in [2.75, 3.05) is 32.0 Å². The van der Waals surface area contributed by atoms with Gasteiger partial charge < -0.3 is 9.47 Å². The number of ether oxygens (including phenoxy) is 2. The van der Waals surface area contributed by atoms with Gasteiger partial charge in [0.05, 0.1) is 6.54 Å². The van der Waals surface area contributed by atoms with Crippen LogP contribution in [0.5, 0.6) is 0 Å². The number of esters is 2. The zero-order chi connectivity index (χ0) is 48.6. The number of unbranched alkanes of at least 4 members (excludes halogenated alkanes) is 34. The molecular formula is C58H98NO7S+. The molecule has 0 saturated carbocycles. The molecule has 1 aliphatic heterocycles. The van der Waals surface area contributed by atoms with E-state index < -0.39 is 22.1 Å². The van der Waals surface area contributed by atoms with Gasteiger partial charge in [-0.1, -0.05) is 217 Å². The van der Waals surface area contributed by atoms with Gasteiger partial charge in [-0.25, -0.2) is 0 Å². The summed E-state index contributed by atoms with van der Waals surface area (Å²) in [6.07, 6.45) is 45.6. The predicted molar refractivity (Wildman–Crippen MR) is 279 cm³/mol. The van der Waals surface area contributed by atoms with Gasteiger partial charge in [-0.3, -0.25) is 18.6 Å². The third-order valence-electron chi connectivity index (χ3n) is 13.0. The second-order valence-corrected chi connectivity index (χ2v) is 20.9.